The molecule has 0 bridgehead atoms. The molecule has 1 amide bonds. The largest absolute Gasteiger partial charge is 0.452 e. The van der Waals surface area contributed by atoms with Gasteiger partial charge in [-0.1, -0.05) is 19.3 Å². The highest BCUT2D eigenvalue weighted by Crippen LogP contribution is 2.30. The fraction of sp³-hybridized carbons (Fsp3) is 0.722. The van der Waals surface area contributed by atoms with Gasteiger partial charge in [0, 0.05) is 30.8 Å². The number of aromatic nitrogens is 1. The van der Waals surface area contributed by atoms with Crippen molar-refractivity contribution in [2.75, 3.05) is 18.1 Å². The Balaban J connectivity index is 1.67. The van der Waals surface area contributed by atoms with Crippen LogP contribution in [0.25, 0.3) is 0 Å². The zero-order valence-electron chi connectivity index (χ0n) is 14.7. The highest BCUT2D eigenvalue weighted by molar-refractivity contribution is 7.13. The normalized spacial score (nSPS) is 20.8. The number of ether oxygens (including phenoxy) is 2. The zero-order valence-corrected chi connectivity index (χ0v) is 15.5. The molecule has 1 saturated heterocycles. The van der Waals surface area contributed by atoms with E-state index in [-0.39, 0.29) is 23.8 Å². The molecule has 0 aromatic carbocycles. The van der Waals surface area contributed by atoms with Crippen molar-refractivity contribution in [1.29, 1.82) is 0 Å². The first-order valence-electron chi connectivity index (χ1n) is 9.17. The second-order valence-corrected chi connectivity index (χ2v) is 7.65. The molecular weight excluding hydrogens is 340 g/mol. The predicted octanol–water partition coefficient (Wildman–Crippen LogP) is 3.17. The molecule has 2 fully saturated rings. The van der Waals surface area contributed by atoms with Gasteiger partial charge in [0.2, 0.25) is 0 Å². The van der Waals surface area contributed by atoms with Crippen LogP contribution in [0.15, 0.2) is 11.6 Å². The van der Waals surface area contributed by atoms with Crippen LogP contribution in [0.2, 0.25) is 0 Å². The lowest BCUT2D eigenvalue weighted by Gasteiger charge is -2.34. The van der Waals surface area contributed by atoms with Crippen molar-refractivity contribution in [1.82, 2.24) is 4.98 Å². The van der Waals surface area contributed by atoms with E-state index in [1.807, 2.05) is 5.38 Å². The highest BCUT2D eigenvalue weighted by atomic mass is 32.1. The Hall–Kier alpha value is -1.47. The minimum Gasteiger partial charge on any atom is -0.452 e. The maximum absolute atomic E-state index is 13.0. The summed E-state index contributed by atoms with van der Waals surface area (Å²) in [6.45, 7) is 2.83. The minimum atomic E-state index is -0.791. The molecule has 1 aromatic heterocycles. The lowest BCUT2D eigenvalue weighted by molar-refractivity contribution is -0.160. The molecule has 1 aromatic rings. The van der Waals surface area contributed by atoms with Crippen molar-refractivity contribution in [2.45, 2.75) is 64.0 Å². The quantitative estimate of drug-likeness (QED) is 0.749. The third-order valence-corrected chi connectivity index (χ3v) is 5.77. The molecule has 1 unspecified atom stereocenters. The monoisotopic (exact) mass is 366 g/mol. The lowest BCUT2D eigenvalue weighted by Crippen LogP contribution is -2.47. The minimum absolute atomic E-state index is 0.150. The number of rotatable bonds is 5. The molecule has 1 atom stereocenters. The molecule has 25 heavy (non-hydrogen) atoms. The van der Waals surface area contributed by atoms with Gasteiger partial charge in [-0.05, 0) is 32.6 Å². The number of carbonyl (C=O) groups is 2. The van der Waals surface area contributed by atoms with Gasteiger partial charge in [0.15, 0.2) is 11.2 Å². The van der Waals surface area contributed by atoms with Gasteiger partial charge in [0.25, 0.3) is 5.91 Å². The number of hydrogen-bond donors (Lipinski definition) is 0. The molecule has 1 saturated carbocycles. The summed E-state index contributed by atoms with van der Waals surface area (Å²) in [7, 11) is 0. The van der Waals surface area contributed by atoms with E-state index in [1.54, 1.807) is 18.0 Å². The van der Waals surface area contributed by atoms with Crippen LogP contribution < -0.4 is 4.90 Å². The van der Waals surface area contributed by atoms with E-state index in [1.165, 1.54) is 17.8 Å². The fourth-order valence-electron chi connectivity index (χ4n) is 3.55. The molecule has 6 nitrogen and oxygen atoms in total. The van der Waals surface area contributed by atoms with Crippen molar-refractivity contribution in [3.8, 4) is 0 Å². The molecule has 2 aliphatic rings. The van der Waals surface area contributed by atoms with Crippen molar-refractivity contribution >= 4 is 28.3 Å². The highest BCUT2D eigenvalue weighted by Gasteiger charge is 2.34. The van der Waals surface area contributed by atoms with E-state index >= 15 is 0 Å². The SMILES string of the molecule is CC(OC(=O)C1CCOCC1)C(=O)N(c1nccs1)C1CCCCC1. The van der Waals surface area contributed by atoms with Gasteiger partial charge in [-0.15, -0.1) is 11.3 Å². The van der Waals surface area contributed by atoms with Crippen molar-refractivity contribution < 1.29 is 19.1 Å². The summed E-state index contributed by atoms with van der Waals surface area (Å²) in [5.74, 6) is -0.610. The summed E-state index contributed by atoms with van der Waals surface area (Å²) in [6.07, 6.45) is 7.66. The third kappa shape index (κ3) is 4.58. The Morgan fingerprint density at radius 1 is 1.24 bits per heavy atom. The summed E-state index contributed by atoms with van der Waals surface area (Å²) in [4.78, 5) is 31.5. The van der Waals surface area contributed by atoms with Gasteiger partial charge in [0.05, 0.1) is 5.92 Å². The maximum Gasteiger partial charge on any atom is 0.309 e. The topological polar surface area (TPSA) is 68.7 Å². The van der Waals surface area contributed by atoms with E-state index in [0.29, 0.717) is 31.2 Å². The van der Waals surface area contributed by atoms with Crippen LogP contribution in [0.5, 0.6) is 0 Å². The maximum atomic E-state index is 13.0. The first-order chi connectivity index (χ1) is 12.2. The first kappa shape index (κ1) is 18.3. The fourth-order valence-corrected chi connectivity index (χ4v) is 4.27. The average Bonchev–Trinajstić information content (AvgIpc) is 3.17. The predicted molar refractivity (Wildman–Crippen MR) is 95.6 cm³/mol. The molecule has 1 aliphatic carbocycles. The van der Waals surface area contributed by atoms with Gasteiger partial charge in [-0.3, -0.25) is 14.5 Å². The van der Waals surface area contributed by atoms with Gasteiger partial charge in [-0.2, -0.15) is 0 Å². The molecule has 1 aliphatic heterocycles. The Bertz CT molecular complexity index is 566. The summed E-state index contributed by atoms with van der Waals surface area (Å²) in [6, 6.07) is 0.150. The number of anilines is 1. The number of nitrogens with zero attached hydrogens (tertiary/aromatic N) is 2. The van der Waals surface area contributed by atoms with E-state index in [4.69, 9.17) is 9.47 Å². The smallest absolute Gasteiger partial charge is 0.309 e. The van der Waals surface area contributed by atoms with Gasteiger partial charge >= 0.3 is 5.97 Å². The Labute approximate surface area is 152 Å². The van der Waals surface area contributed by atoms with E-state index in [2.05, 4.69) is 4.98 Å². The van der Waals surface area contributed by atoms with Crippen LogP contribution >= 0.6 is 11.3 Å². The number of hydrogen-bond acceptors (Lipinski definition) is 6. The number of amides is 1. The van der Waals surface area contributed by atoms with Crippen LogP contribution in [-0.4, -0.2) is 42.2 Å². The zero-order chi connectivity index (χ0) is 17.6. The molecule has 0 N–H and O–H groups in total. The van der Waals surface area contributed by atoms with Gasteiger partial charge in [0.1, 0.15) is 0 Å². The van der Waals surface area contributed by atoms with Crippen LogP contribution in [-0.2, 0) is 19.1 Å². The Morgan fingerprint density at radius 3 is 2.60 bits per heavy atom. The van der Waals surface area contributed by atoms with Crippen molar-refractivity contribution in [2.24, 2.45) is 5.92 Å². The van der Waals surface area contributed by atoms with E-state index in [9.17, 15) is 9.59 Å². The van der Waals surface area contributed by atoms with Gasteiger partial charge < -0.3 is 9.47 Å². The number of esters is 1. The van der Waals surface area contributed by atoms with Crippen LogP contribution in [0.1, 0.15) is 51.9 Å². The van der Waals surface area contributed by atoms with E-state index in [0.717, 1.165) is 25.7 Å². The Kier molecular flexibility index (Phi) is 6.42. The molecule has 7 heteroatoms. The first-order valence-corrected chi connectivity index (χ1v) is 10.1. The van der Waals surface area contributed by atoms with Crippen LogP contribution in [0.4, 0.5) is 5.13 Å². The summed E-state index contributed by atoms with van der Waals surface area (Å²) < 4.78 is 10.8. The molecule has 2 heterocycles. The van der Waals surface area contributed by atoms with Crippen LogP contribution in [0, 0.1) is 5.92 Å². The molecule has 138 valence electrons. The van der Waals surface area contributed by atoms with Gasteiger partial charge in [-0.25, -0.2) is 4.98 Å². The molecule has 3 rings (SSSR count). The second kappa shape index (κ2) is 8.76. The van der Waals surface area contributed by atoms with Crippen molar-refractivity contribution in [3.63, 3.8) is 0 Å². The third-order valence-electron chi connectivity index (χ3n) is 5.00. The second-order valence-electron chi connectivity index (χ2n) is 6.78. The van der Waals surface area contributed by atoms with E-state index < -0.39 is 6.10 Å². The Morgan fingerprint density at radius 2 is 1.96 bits per heavy atom. The molecule has 0 radical (unpaired) electrons. The van der Waals surface area contributed by atoms with Crippen molar-refractivity contribution in [3.05, 3.63) is 11.6 Å². The average molecular weight is 366 g/mol. The summed E-state index contributed by atoms with van der Waals surface area (Å²) in [5.41, 5.74) is 0. The standard InChI is InChI=1S/C18H26N2O4S/c1-13(24-17(22)14-7-10-23-11-8-14)16(21)20(18-19-9-12-25-18)15-5-3-2-4-6-15/h9,12-15H,2-8,10-11H2,1H3. The number of thiazole rings is 1. The number of carbonyl (C=O) groups excluding carboxylic acids is 2. The van der Waals surface area contributed by atoms with Crippen LogP contribution in [0.3, 0.4) is 0 Å². The summed E-state index contributed by atoms with van der Waals surface area (Å²) >= 11 is 1.45. The lowest BCUT2D eigenvalue weighted by atomic mass is 9.94. The summed E-state index contributed by atoms with van der Waals surface area (Å²) in [5, 5.41) is 2.57. The molecular formula is C18H26N2O4S. The molecule has 0 spiro atoms.